The molecule has 0 saturated carbocycles. The molecule has 0 aliphatic heterocycles. The number of carbonyl (C=O) groups is 1. The largest absolute Gasteiger partial charge is 0.289 e. The van der Waals surface area contributed by atoms with Crippen molar-refractivity contribution >= 4 is 43.9 Å². The van der Waals surface area contributed by atoms with Crippen molar-refractivity contribution in [1.29, 1.82) is 0 Å². The van der Waals surface area contributed by atoms with E-state index in [9.17, 15) is 4.79 Å². The fourth-order valence-electron chi connectivity index (χ4n) is 1.84. The number of benzene rings is 2. The summed E-state index contributed by atoms with van der Waals surface area (Å²) in [6.07, 6.45) is 0. The van der Waals surface area contributed by atoms with E-state index in [0.717, 1.165) is 0 Å². The van der Waals surface area contributed by atoms with Gasteiger partial charge in [-0.05, 0) is 22.5 Å². The van der Waals surface area contributed by atoms with Crippen molar-refractivity contribution in [3.05, 3.63) is 75.5 Å². The van der Waals surface area contributed by atoms with Gasteiger partial charge in [0.2, 0.25) is 0 Å². The van der Waals surface area contributed by atoms with Crippen molar-refractivity contribution in [2.45, 2.75) is 0 Å². The van der Waals surface area contributed by atoms with Gasteiger partial charge in [0.15, 0.2) is 15.6 Å². The SMILES string of the molecule is O=C(c1ccccc1)c1ccccc1N=c1ssnc1Cl. The van der Waals surface area contributed by atoms with Crippen LogP contribution in [-0.4, -0.2) is 10.2 Å². The average molecular weight is 333 g/mol. The highest BCUT2D eigenvalue weighted by Crippen LogP contribution is 2.22. The van der Waals surface area contributed by atoms with E-state index in [-0.39, 0.29) is 5.78 Å². The van der Waals surface area contributed by atoms with Gasteiger partial charge < -0.3 is 0 Å². The van der Waals surface area contributed by atoms with Gasteiger partial charge in [-0.2, -0.15) is 4.37 Å². The zero-order chi connectivity index (χ0) is 14.7. The van der Waals surface area contributed by atoms with Gasteiger partial charge in [0.05, 0.1) is 5.69 Å². The fraction of sp³-hybridized carbons (Fsp3) is 0. The smallest absolute Gasteiger partial charge is 0.195 e. The maximum absolute atomic E-state index is 12.6. The predicted octanol–water partition coefficient (Wildman–Crippen LogP) is 4.32. The minimum Gasteiger partial charge on any atom is -0.289 e. The molecule has 3 aromatic rings. The van der Waals surface area contributed by atoms with Crippen LogP contribution in [0.15, 0.2) is 59.6 Å². The van der Waals surface area contributed by atoms with E-state index in [4.69, 9.17) is 11.6 Å². The molecule has 0 fully saturated rings. The third-order valence-electron chi connectivity index (χ3n) is 2.82. The Morgan fingerprint density at radius 2 is 1.76 bits per heavy atom. The lowest BCUT2D eigenvalue weighted by atomic mass is 10.0. The van der Waals surface area contributed by atoms with E-state index < -0.39 is 0 Å². The molecule has 2 aromatic carbocycles. The highest BCUT2D eigenvalue weighted by atomic mass is 35.5. The number of nitrogens with zero attached hydrogens (tertiary/aromatic N) is 2. The maximum Gasteiger partial charge on any atom is 0.195 e. The molecule has 0 amide bonds. The molecule has 104 valence electrons. The first kappa shape index (κ1) is 14.1. The van der Waals surface area contributed by atoms with Crippen LogP contribution < -0.4 is 4.67 Å². The molecular weight excluding hydrogens is 324 g/mol. The van der Waals surface area contributed by atoms with Crippen LogP contribution in [0.25, 0.3) is 0 Å². The molecule has 0 N–H and O–H groups in total. The molecule has 0 aliphatic rings. The van der Waals surface area contributed by atoms with Gasteiger partial charge in [0.1, 0.15) is 0 Å². The van der Waals surface area contributed by atoms with Gasteiger partial charge in [-0.25, -0.2) is 4.99 Å². The molecule has 0 saturated heterocycles. The number of hydrogen-bond acceptors (Lipinski definition) is 5. The molecule has 1 aromatic heterocycles. The fourth-order valence-corrected chi connectivity index (χ4v) is 3.83. The first-order valence-electron chi connectivity index (χ1n) is 6.11. The van der Waals surface area contributed by atoms with Crippen molar-refractivity contribution in [2.75, 3.05) is 0 Å². The van der Waals surface area contributed by atoms with Crippen molar-refractivity contribution in [3.63, 3.8) is 0 Å². The summed E-state index contributed by atoms with van der Waals surface area (Å²) >= 11 is 5.97. The summed E-state index contributed by atoms with van der Waals surface area (Å²) in [5.74, 6) is -0.0562. The van der Waals surface area contributed by atoms with Crippen LogP contribution in [-0.2, 0) is 0 Å². The van der Waals surface area contributed by atoms with Gasteiger partial charge >= 0.3 is 0 Å². The topological polar surface area (TPSA) is 42.3 Å². The lowest BCUT2D eigenvalue weighted by Crippen LogP contribution is -2.02. The standard InChI is InChI=1S/C15H9ClN2OS2/c16-14-15(20-21-18-14)17-12-9-5-4-8-11(12)13(19)10-6-2-1-3-7-10/h1-9H. The van der Waals surface area contributed by atoms with Crippen LogP contribution >= 0.6 is 32.5 Å². The molecule has 3 nitrogen and oxygen atoms in total. The van der Waals surface area contributed by atoms with Crippen molar-refractivity contribution in [3.8, 4) is 0 Å². The third kappa shape index (κ3) is 3.10. The molecule has 0 atom stereocenters. The van der Waals surface area contributed by atoms with Gasteiger partial charge in [-0.15, -0.1) is 0 Å². The van der Waals surface area contributed by atoms with Crippen LogP contribution in [0, 0.1) is 0 Å². The molecule has 0 unspecified atom stereocenters. The van der Waals surface area contributed by atoms with Crippen LogP contribution in [0.1, 0.15) is 15.9 Å². The summed E-state index contributed by atoms with van der Waals surface area (Å²) < 4.78 is 4.61. The molecule has 3 rings (SSSR count). The molecular formula is C15H9ClN2OS2. The van der Waals surface area contributed by atoms with Crippen molar-refractivity contribution in [2.24, 2.45) is 4.99 Å². The number of carbonyl (C=O) groups excluding carboxylic acids is 1. The maximum atomic E-state index is 12.6. The lowest BCUT2D eigenvalue weighted by Gasteiger charge is -2.04. The lowest BCUT2D eigenvalue weighted by molar-refractivity contribution is 0.103. The molecule has 0 aliphatic carbocycles. The van der Waals surface area contributed by atoms with Crippen LogP contribution in [0.3, 0.4) is 0 Å². The molecule has 0 radical (unpaired) electrons. The molecule has 1 heterocycles. The third-order valence-corrected chi connectivity index (χ3v) is 4.99. The van der Waals surface area contributed by atoms with Gasteiger partial charge in [0.25, 0.3) is 0 Å². The molecule has 6 heteroatoms. The second-order valence-corrected chi connectivity index (χ2v) is 6.36. The van der Waals surface area contributed by atoms with Crippen molar-refractivity contribution < 1.29 is 4.79 Å². The van der Waals surface area contributed by atoms with E-state index in [1.165, 1.54) is 20.9 Å². The Balaban J connectivity index is 2.09. The van der Waals surface area contributed by atoms with E-state index in [2.05, 4.69) is 9.37 Å². The summed E-state index contributed by atoms with van der Waals surface area (Å²) in [4.78, 5) is 17.0. The number of para-hydroxylation sites is 1. The number of aromatic nitrogens is 1. The normalized spacial score (nSPS) is 11.6. The average Bonchev–Trinajstić information content (AvgIpc) is 2.93. The number of halogens is 1. The second-order valence-electron chi connectivity index (χ2n) is 4.17. The van der Waals surface area contributed by atoms with E-state index >= 15 is 0 Å². The van der Waals surface area contributed by atoms with E-state index in [0.29, 0.717) is 26.6 Å². The van der Waals surface area contributed by atoms with Gasteiger partial charge in [-0.3, -0.25) is 4.79 Å². The first-order valence-corrected chi connectivity index (χ1v) is 8.59. The number of ketones is 1. The summed E-state index contributed by atoms with van der Waals surface area (Å²) in [7, 11) is 2.66. The zero-order valence-corrected chi connectivity index (χ0v) is 13.1. The second kappa shape index (κ2) is 6.30. The monoisotopic (exact) mass is 332 g/mol. The molecule has 0 spiro atoms. The van der Waals surface area contributed by atoms with E-state index in [1.807, 2.05) is 30.3 Å². The number of rotatable bonds is 3. The molecule has 0 bridgehead atoms. The van der Waals surface area contributed by atoms with Crippen molar-refractivity contribution in [1.82, 2.24) is 4.37 Å². The van der Waals surface area contributed by atoms with Gasteiger partial charge in [0, 0.05) is 21.7 Å². The summed E-state index contributed by atoms with van der Waals surface area (Å²) in [6.45, 7) is 0. The van der Waals surface area contributed by atoms with Gasteiger partial charge in [-0.1, -0.05) is 54.1 Å². The Bertz CT molecular complexity index is 840. The van der Waals surface area contributed by atoms with Crippen LogP contribution in [0.5, 0.6) is 0 Å². The predicted molar refractivity (Wildman–Crippen MR) is 86.5 cm³/mol. The summed E-state index contributed by atoms with van der Waals surface area (Å²) in [6, 6.07) is 16.4. The quantitative estimate of drug-likeness (QED) is 0.529. The number of hydrogen-bond donors (Lipinski definition) is 0. The van der Waals surface area contributed by atoms with E-state index in [1.54, 1.807) is 24.3 Å². The Hall–Kier alpha value is -1.82. The summed E-state index contributed by atoms with van der Waals surface area (Å²) in [5, 5.41) is 0.368. The zero-order valence-electron chi connectivity index (χ0n) is 10.7. The first-order chi connectivity index (χ1) is 10.3. The Morgan fingerprint density at radius 3 is 2.48 bits per heavy atom. The Kier molecular flexibility index (Phi) is 4.24. The Labute approximate surface area is 133 Å². The van der Waals surface area contributed by atoms with Crippen LogP contribution in [0.2, 0.25) is 5.15 Å². The summed E-state index contributed by atoms with van der Waals surface area (Å²) in [5.41, 5.74) is 1.79. The highest BCUT2D eigenvalue weighted by molar-refractivity contribution is 7.66. The Morgan fingerprint density at radius 1 is 1.05 bits per heavy atom. The van der Waals surface area contributed by atoms with Crippen LogP contribution in [0.4, 0.5) is 5.69 Å². The minimum absolute atomic E-state index is 0.0562. The minimum atomic E-state index is -0.0562. The molecule has 21 heavy (non-hydrogen) atoms. The highest BCUT2D eigenvalue weighted by Gasteiger charge is 2.12.